The molecule has 0 aliphatic carbocycles. The highest BCUT2D eigenvalue weighted by molar-refractivity contribution is 7.92. The van der Waals surface area contributed by atoms with Crippen LogP contribution >= 0.6 is 0 Å². The minimum absolute atomic E-state index is 0.223. The van der Waals surface area contributed by atoms with Crippen LogP contribution in [0.15, 0.2) is 18.2 Å². The number of rotatable bonds is 8. The summed E-state index contributed by atoms with van der Waals surface area (Å²) in [7, 11) is -1.45. The van der Waals surface area contributed by atoms with Crippen molar-refractivity contribution >= 4 is 21.6 Å². The first-order valence-electron chi connectivity index (χ1n) is 10.2. The van der Waals surface area contributed by atoms with Crippen molar-refractivity contribution in [3.63, 3.8) is 0 Å². The number of benzene rings is 1. The quantitative estimate of drug-likeness (QED) is 0.717. The molecule has 0 spiro atoms. The molecule has 1 amide bonds. The normalized spacial score (nSPS) is 17.3. The second-order valence-electron chi connectivity index (χ2n) is 8.08. The zero-order valence-electron chi connectivity index (χ0n) is 17.9. The van der Waals surface area contributed by atoms with Crippen molar-refractivity contribution in [1.82, 2.24) is 10.2 Å². The molecular weight excluding hydrogens is 374 g/mol. The molecular formula is C21H35N3O3S. The topological polar surface area (TPSA) is 69.7 Å². The van der Waals surface area contributed by atoms with Crippen LogP contribution in [0.5, 0.6) is 0 Å². The van der Waals surface area contributed by atoms with E-state index in [0.717, 1.165) is 49.7 Å². The lowest BCUT2D eigenvalue weighted by molar-refractivity contribution is -0.122. The molecule has 1 fully saturated rings. The van der Waals surface area contributed by atoms with Gasteiger partial charge in [-0.3, -0.25) is 9.10 Å². The molecule has 1 atom stereocenters. The smallest absolute Gasteiger partial charge is 0.243 e. The standard InChI is InChI=1S/C21H35N3O3S/c1-6-20(21(25)22-12-9-18-10-13-23(4)14-11-18)24(28(5,26)27)19-8-7-16(2)17(3)15-19/h7-8,15,18,20H,6,9-14H2,1-5H3,(H,22,25)/t20-/m1/s1. The van der Waals surface area contributed by atoms with Gasteiger partial charge in [0.25, 0.3) is 0 Å². The maximum absolute atomic E-state index is 12.9. The van der Waals surface area contributed by atoms with Crippen molar-refractivity contribution in [2.24, 2.45) is 5.92 Å². The molecule has 7 heteroatoms. The zero-order valence-corrected chi connectivity index (χ0v) is 18.7. The summed E-state index contributed by atoms with van der Waals surface area (Å²) in [6.07, 6.45) is 4.83. The van der Waals surface area contributed by atoms with E-state index in [9.17, 15) is 13.2 Å². The van der Waals surface area contributed by atoms with Crippen molar-refractivity contribution in [3.05, 3.63) is 29.3 Å². The Kier molecular flexibility index (Phi) is 7.89. The Morgan fingerprint density at radius 2 is 1.89 bits per heavy atom. The van der Waals surface area contributed by atoms with E-state index in [1.165, 1.54) is 4.31 Å². The largest absolute Gasteiger partial charge is 0.354 e. The van der Waals surface area contributed by atoms with E-state index in [1.54, 1.807) is 6.07 Å². The zero-order chi connectivity index (χ0) is 20.9. The van der Waals surface area contributed by atoms with Gasteiger partial charge in [0, 0.05) is 6.54 Å². The molecule has 1 N–H and O–H groups in total. The van der Waals surface area contributed by atoms with Crippen LogP contribution in [0.25, 0.3) is 0 Å². The third kappa shape index (κ3) is 5.95. The number of nitrogens with zero attached hydrogens (tertiary/aromatic N) is 2. The number of hydrogen-bond donors (Lipinski definition) is 1. The summed E-state index contributed by atoms with van der Waals surface area (Å²) in [6.45, 7) is 8.57. The maximum Gasteiger partial charge on any atom is 0.243 e. The fourth-order valence-electron chi connectivity index (χ4n) is 3.79. The fraction of sp³-hybridized carbons (Fsp3) is 0.667. The van der Waals surface area contributed by atoms with Crippen LogP contribution in [-0.2, 0) is 14.8 Å². The molecule has 0 bridgehead atoms. The summed E-state index contributed by atoms with van der Waals surface area (Å²) in [5.41, 5.74) is 2.64. The molecule has 158 valence electrons. The Balaban J connectivity index is 2.07. The molecule has 1 saturated heterocycles. The number of sulfonamides is 1. The second-order valence-corrected chi connectivity index (χ2v) is 9.94. The Labute approximate surface area is 170 Å². The van der Waals surface area contributed by atoms with E-state index in [1.807, 2.05) is 32.9 Å². The maximum atomic E-state index is 12.9. The van der Waals surface area contributed by atoms with Crippen molar-refractivity contribution in [1.29, 1.82) is 0 Å². The van der Waals surface area contributed by atoms with Gasteiger partial charge in [-0.2, -0.15) is 0 Å². The molecule has 1 aromatic carbocycles. The van der Waals surface area contributed by atoms with Gasteiger partial charge in [0.15, 0.2) is 0 Å². The van der Waals surface area contributed by atoms with Crippen molar-refractivity contribution in [2.75, 3.05) is 37.2 Å². The van der Waals surface area contributed by atoms with E-state index in [0.29, 0.717) is 24.6 Å². The molecule has 2 rings (SSSR count). The molecule has 0 aromatic heterocycles. The van der Waals surface area contributed by atoms with Crippen LogP contribution in [0.2, 0.25) is 0 Å². The number of likely N-dealkylation sites (tertiary alicyclic amines) is 1. The minimum atomic E-state index is -3.59. The van der Waals surface area contributed by atoms with Gasteiger partial charge in [-0.1, -0.05) is 13.0 Å². The highest BCUT2D eigenvalue weighted by Gasteiger charge is 2.31. The van der Waals surface area contributed by atoms with E-state index in [2.05, 4.69) is 17.3 Å². The van der Waals surface area contributed by atoms with Crippen LogP contribution < -0.4 is 9.62 Å². The van der Waals surface area contributed by atoms with Gasteiger partial charge in [0.05, 0.1) is 11.9 Å². The lowest BCUT2D eigenvalue weighted by Gasteiger charge is -2.31. The summed E-state index contributed by atoms with van der Waals surface area (Å²) in [5, 5.41) is 2.98. The first kappa shape index (κ1) is 22.7. The van der Waals surface area contributed by atoms with Gasteiger partial charge in [-0.25, -0.2) is 8.42 Å². The molecule has 0 saturated carbocycles. The number of anilines is 1. The minimum Gasteiger partial charge on any atom is -0.354 e. The Hall–Kier alpha value is -1.60. The van der Waals surface area contributed by atoms with E-state index in [-0.39, 0.29) is 5.91 Å². The molecule has 0 radical (unpaired) electrons. The van der Waals surface area contributed by atoms with E-state index >= 15 is 0 Å². The third-order valence-electron chi connectivity index (χ3n) is 5.76. The number of hydrogen-bond acceptors (Lipinski definition) is 4. The Morgan fingerprint density at radius 3 is 2.43 bits per heavy atom. The number of amides is 1. The Bertz CT molecular complexity index is 771. The highest BCUT2D eigenvalue weighted by Crippen LogP contribution is 2.25. The number of carbonyl (C=O) groups excluding carboxylic acids is 1. The van der Waals surface area contributed by atoms with Gasteiger partial charge < -0.3 is 10.2 Å². The van der Waals surface area contributed by atoms with Gasteiger partial charge in [-0.15, -0.1) is 0 Å². The SMILES string of the molecule is CC[C@H](C(=O)NCCC1CCN(C)CC1)N(c1ccc(C)c(C)c1)S(C)(=O)=O. The highest BCUT2D eigenvalue weighted by atomic mass is 32.2. The van der Waals surface area contributed by atoms with Crippen molar-refractivity contribution < 1.29 is 13.2 Å². The average Bonchev–Trinajstić information content (AvgIpc) is 2.62. The van der Waals surface area contributed by atoms with E-state index < -0.39 is 16.1 Å². The first-order chi connectivity index (χ1) is 13.1. The molecule has 1 aromatic rings. The fourth-order valence-corrected chi connectivity index (χ4v) is 4.99. The number of carbonyl (C=O) groups is 1. The summed E-state index contributed by atoms with van der Waals surface area (Å²) < 4.78 is 26.3. The van der Waals surface area contributed by atoms with Gasteiger partial charge in [-0.05, 0) is 88.8 Å². The van der Waals surface area contributed by atoms with Gasteiger partial charge in [0.2, 0.25) is 15.9 Å². The molecule has 1 aliphatic heterocycles. The monoisotopic (exact) mass is 409 g/mol. The van der Waals surface area contributed by atoms with Gasteiger partial charge in [0.1, 0.15) is 6.04 Å². The summed E-state index contributed by atoms with van der Waals surface area (Å²) in [6, 6.07) is 4.77. The predicted molar refractivity (Wildman–Crippen MR) is 115 cm³/mol. The van der Waals surface area contributed by atoms with Crippen molar-refractivity contribution in [3.8, 4) is 0 Å². The number of piperidine rings is 1. The van der Waals surface area contributed by atoms with Crippen LogP contribution in [0.3, 0.4) is 0 Å². The van der Waals surface area contributed by atoms with Crippen LogP contribution in [-0.4, -0.2) is 58.2 Å². The lowest BCUT2D eigenvalue weighted by Crippen LogP contribution is -2.49. The summed E-state index contributed by atoms with van der Waals surface area (Å²) in [5.74, 6) is 0.404. The first-order valence-corrected chi connectivity index (χ1v) is 12.0. The molecule has 28 heavy (non-hydrogen) atoms. The van der Waals surface area contributed by atoms with E-state index in [4.69, 9.17) is 0 Å². The summed E-state index contributed by atoms with van der Waals surface area (Å²) in [4.78, 5) is 15.2. The number of nitrogens with one attached hydrogen (secondary N) is 1. The van der Waals surface area contributed by atoms with Crippen LogP contribution in [0, 0.1) is 19.8 Å². The predicted octanol–water partition coefficient (Wildman–Crippen LogP) is 2.70. The molecule has 1 heterocycles. The van der Waals surface area contributed by atoms with Crippen LogP contribution in [0.1, 0.15) is 43.7 Å². The molecule has 0 unspecified atom stereocenters. The molecule has 6 nitrogen and oxygen atoms in total. The number of aryl methyl sites for hydroxylation is 2. The summed E-state index contributed by atoms with van der Waals surface area (Å²) >= 11 is 0. The van der Waals surface area contributed by atoms with Crippen LogP contribution in [0.4, 0.5) is 5.69 Å². The third-order valence-corrected chi connectivity index (χ3v) is 6.94. The Morgan fingerprint density at radius 1 is 1.25 bits per heavy atom. The lowest BCUT2D eigenvalue weighted by atomic mass is 9.94. The molecule has 1 aliphatic rings. The second kappa shape index (κ2) is 9.74. The van der Waals surface area contributed by atoms with Gasteiger partial charge >= 0.3 is 0 Å². The average molecular weight is 410 g/mol. The van der Waals surface area contributed by atoms with Crippen molar-refractivity contribution in [2.45, 2.75) is 52.5 Å².